The zero-order valence-corrected chi connectivity index (χ0v) is 15.5. The van der Waals surface area contributed by atoms with E-state index >= 15 is 0 Å². The van der Waals surface area contributed by atoms with Gasteiger partial charge in [0.2, 0.25) is 5.91 Å². The van der Waals surface area contributed by atoms with Crippen LogP contribution < -0.4 is 0 Å². The quantitative estimate of drug-likeness (QED) is 0.862. The number of carbonyl (C=O) groups excluding carboxylic acids is 1. The third-order valence-corrected chi connectivity index (χ3v) is 5.35. The van der Waals surface area contributed by atoms with Crippen LogP contribution in [0.3, 0.4) is 0 Å². The summed E-state index contributed by atoms with van der Waals surface area (Å²) < 4.78 is 7.53. The SMILES string of the molecule is Cc1cc(C(C)C(=O)N2CCCC2c2c(C)nn(C)c2C)c(C)o1. The van der Waals surface area contributed by atoms with Crippen molar-refractivity contribution in [1.29, 1.82) is 0 Å². The number of hydrogen-bond acceptors (Lipinski definition) is 3. The number of furan rings is 1. The predicted molar refractivity (Wildman–Crippen MR) is 93.0 cm³/mol. The monoisotopic (exact) mass is 329 g/mol. The molecule has 1 amide bonds. The first kappa shape index (κ1) is 16.8. The van der Waals surface area contributed by atoms with E-state index in [1.54, 1.807) is 0 Å². The van der Waals surface area contributed by atoms with Crippen molar-refractivity contribution in [2.75, 3.05) is 6.54 Å². The van der Waals surface area contributed by atoms with Gasteiger partial charge in [-0.05, 0) is 53.5 Å². The Morgan fingerprint density at radius 1 is 1.33 bits per heavy atom. The van der Waals surface area contributed by atoms with Gasteiger partial charge in [0.05, 0.1) is 17.7 Å². The molecule has 0 N–H and O–H groups in total. The average molecular weight is 329 g/mol. The molecule has 130 valence electrons. The van der Waals surface area contributed by atoms with Crippen LogP contribution in [0.1, 0.15) is 65.8 Å². The molecule has 24 heavy (non-hydrogen) atoms. The average Bonchev–Trinajstić information content (AvgIpc) is 3.17. The number of rotatable bonds is 3. The number of hydrogen-bond donors (Lipinski definition) is 0. The number of aromatic nitrogens is 2. The van der Waals surface area contributed by atoms with Crippen molar-refractivity contribution >= 4 is 5.91 Å². The van der Waals surface area contributed by atoms with Crippen molar-refractivity contribution in [1.82, 2.24) is 14.7 Å². The molecular weight excluding hydrogens is 302 g/mol. The molecule has 2 atom stereocenters. The van der Waals surface area contributed by atoms with Gasteiger partial charge in [-0.3, -0.25) is 9.48 Å². The minimum atomic E-state index is -0.180. The van der Waals surface area contributed by atoms with E-state index in [0.29, 0.717) is 0 Å². The lowest BCUT2D eigenvalue weighted by atomic mass is 9.97. The molecule has 1 aliphatic rings. The molecule has 0 saturated carbocycles. The molecule has 0 radical (unpaired) electrons. The van der Waals surface area contributed by atoms with E-state index in [2.05, 4.69) is 12.0 Å². The van der Waals surface area contributed by atoms with Gasteiger partial charge >= 0.3 is 0 Å². The smallest absolute Gasteiger partial charge is 0.230 e. The van der Waals surface area contributed by atoms with Crippen LogP contribution in [0.25, 0.3) is 0 Å². The first-order valence-electron chi connectivity index (χ1n) is 8.68. The van der Waals surface area contributed by atoms with E-state index < -0.39 is 0 Å². The maximum atomic E-state index is 13.2. The molecule has 2 unspecified atom stereocenters. The largest absolute Gasteiger partial charge is 0.466 e. The molecule has 0 bridgehead atoms. The normalized spacial score (nSPS) is 19.1. The highest BCUT2D eigenvalue weighted by Gasteiger charge is 2.36. The molecule has 3 heterocycles. The van der Waals surface area contributed by atoms with Crippen molar-refractivity contribution in [3.8, 4) is 0 Å². The highest BCUT2D eigenvalue weighted by Crippen LogP contribution is 2.38. The summed E-state index contributed by atoms with van der Waals surface area (Å²) in [5, 5.41) is 4.53. The number of amides is 1. The lowest BCUT2D eigenvalue weighted by Crippen LogP contribution is -2.34. The highest BCUT2D eigenvalue weighted by atomic mass is 16.3. The minimum absolute atomic E-state index is 0.141. The second kappa shape index (κ2) is 6.11. The number of aryl methyl sites for hydroxylation is 4. The Morgan fingerprint density at radius 2 is 2.04 bits per heavy atom. The summed E-state index contributed by atoms with van der Waals surface area (Å²) in [4.78, 5) is 15.2. The Morgan fingerprint density at radius 3 is 2.58 bits per heavy atom. The Labute approximate surface area is 143 Å². The maximum Gasteiger partial charge on any atom is 0.230 e. The van der Waals surface area contributed by atoms with Crippen LogP contribution >= 0.6 is 0 Å². The summed E-state index contributed by atoms with van der Waals surface area (Å²) in [6.07, 6.45) is 2.05. The van der Waals surface area contributed by atoms with Gasteiger partial charge in [0.1, 0.15) is 11.5 Å². The molecule has 0 aliphatic carbocycles. The maximum absolute atomic E-state index is 13.2. The van der Waals surface area contributed by atoms with Gasteiger partial charge in [0.15, 0.2) is 0 Å². The van der Waals surface area contributed by atoms with Gasteiger partial charge in [-0.2, -0.15) is 5.10 Å². The third kappa shape index (κ3) is 2.66. The zero-order valence-electron chi connectivity index (χ0n) is 15.5. The molecule has 1 aliphatic heterocycles. The summed E-state index contributed by atoms with van der Waals surface area (Å²) >= 11 is 0. The van der Waals surface area contributed by atoms with E-state index in [9.17, 15) is 4.79 Å². The molecule has 3 rings (SSSR count). The standard InChI is InChI=1S/C19H27N3O2/c1-11-10-16(15(5)24-11)12(2)19(23)22-9-7-8-17(22)18-13(3)20-21(6)14(18)4/h10,12,17H,7-9H2,1-6H3. The first-order valence-corrected chi connectivity index (χ1v) is 8.68. The molecule has 0 spiro atoms. The van der Waals surface area contributed by atoms with Gasteiger partial charge < -0.3 is 9.32 Å². The number of likely N-dealkylation sites (tertiary alicyclic amines) is 1. The van der Waals surface area contributed by atoms with E-state index in [4.69, 9.17) is 4.42 Å². The topological polar surface area (TPSA) is 51.3 Å². The van der Waals surface area contributed by atoms with E-state index in [1.807, 2.05) is 50.4 Å². The van der Waals surface area contributed by atoms with Crippen LogP contribution in [0.5, 0.6) is 0 Å². The Bertz CT molecular complexity index is 772. The summed E-state index contributed by atoms with van der Waals surface area (Å²) in [6.45, 7) is 10.8. The van der Waals surface area contributed by atoms with E-state index in [0.717, 1.165) is 47.9 Å². The lowest BCUT2D eigenvalue weighted by Gasteiger charge is -2.28. The Hall–Kier alpha value is -2.04. The van der Waals surface area contributed by atoms with Gasteiger partial charge in [0.25, 0.3) is 0 Å². The molecule has 1 fully saturated rings. The fourth-order valence-electron chi connectivity index (χ4n) is 4.06. The summed E-state index contributed by atoms with van der Waals surface area (Å²) in [6, 6.07) is 2.13. The van der Waals surface area contributed by atoms with Crippen LogP contribution in [0, 0.1) is 27.7 Å². The van der Waals surface area contributed by atoms with Gasteiger partial charge in [-0.25, -0.2) is 0 Å². The summed E-state index contributed by atoms with van der Waals surface area (Å²) in [5.41, 5.74) is 4.40. The van der Waals surface area contributed by atoms with Gasteiger partial charge in [0, 0.05) is 30.4 Å². The van der Waals surface area contributed by atoms with Gasteiger partial charge in [-0.15, -0.1) is 0 Å². The Balaban J connectivity index is 1.90. The van der Waals surface area contributed by atoms with E-state index in [-0.39, 0.29) is 17.9 Å². The second-order valence-corrected chi connectivity index (χ2v) is 6.99. The fraction of sp³-hybridized carbons (Fsp3) is 0.579. The van der Waals surface area contributed by atoms with Crippen LogP contribution in [0.2, 0.25) is 0 Å². The van der Waals surface area contributed by atoms with Crippen LogP contribution in [0.15, 0.2) is 10.5 Å². The highest BCUT2D eigenvalue weighted by molar-refractivity contribution is 5.84. The van der Waals surface area contributed by atoms with Crippen molar-refractivity contribution in [2.24, 2.45) is 7.05 Å². The van der Waals surface area contributed by atoms with Crippen LogP contribution in [0.4, 0.5) is 0 Å². The van der Waals surface area contributed by atoms with Crippen molar-refractivity contribution in [3.63, 3.8) is 0 Å². The number of carbonyl (C=O) groups is 1. The van der Waals surface area contributed by atoms with Crippen molar-refractivity contribution in [2.45, 2.75) is 59.4 Å². The minimum Gasteiger partial charge on any atom is -0.466 e. The number of nitrogens with zero attached hydrogens (tertiary/aromatic N) is 3. The third-order valence-electron chi connectivity index (χ3n) is 5.35. The van der Waals surface area contributed by atoms with Crippen molar-refractivity contribution < 1.29 is 9.21 Å². The summed E-state index contributed by atoms with van der Waals surface area (Å²) in [5.74, 6) is 1.71. The first-order chi connectivity index (χ1) is 11.3. The van der Waals surface area contributed by atoms with Crippen LogP contribution in [-0.4, -0.2) is 27.1 Å². The molecule has 5 nitrogen and oxygen atoms in total. The molecular formula is C19H27N3O2. The zero-order chi connectivity index (χ0) is 17.6. The van der Waals surface area contributed by atoms with Crippen LogP contribution in [-0.2, 0) is 11.8 Å². The molecule has 2 aromatic rings. The molecule has 0 aromatic carbocycles. The second-order valence-electron chi connectivity index (χ2n) is 6.99. The lowest BCUT2D eigenvalue weighted by molar-refractivity contribution is -0.133. The molecule has 1 saturated heterocycles. The fourth-order valence-corrected chi connectivity index (χ4v) is 4.06. The molecule has 5 heteroatoms. The molecule has 2 aromatic heterocycles. The summed E-state index contributed by atoms with van der Waals surface area (Å²) in [7, 11) is 1.97. The van der Waals surface area contributed by atoms with E-state index in [1.165, 1.54) is 5.56 Å². The van der Waals surface area contributed by atoms with Crippen molar-refractivity contribution in [3.05, 3.63) is 40.1 Å². The predicted octanol–water partition coefficient (Wildman–Crippen LogP) is 3.71. The Kier molecular flexibility index (Phi) is 4.28. The van der Waals surface area contributed by atoms with Gasteiger partial charge in [-0.1, -0.05) is 0 Å².